The molecule has 1 saturated carbocycles. The van der Waals surface area contributed by atoms with Gasteiger partial charge in [0.05, 0.1) is 17.9 Å². The first-order valence-electron chi connectivity index (χ1n) is 5.60. The van der Waals surface area contributed by atoms with E-state index in [1.54, 1.807) is 6.92 Å². The molecule has 2 unspecified atom stereocenters. The van der Waals surface area contributed by atoms with Crippen LogP contribution in [0.25, 0.3) is 0 Å². The van der Waals surface area contributed by atoms with Gasteiger partial charge in [0.2, 0.25) is 0 Å². The molecule has 92 valence electrons. The Balaban J connectivity index is 3.02. The quantitative estimate of drug-likeness (QED) is 0.751. The number of ether oxygens (including phenoxy) is 1. The van der Waals surface area contributed by atoms with Crippen molar-refractivity contribution < 1.29 is 19.4 Å². The summed E-state index contributed by atoms with van der Waals surface area (Å²) >= 11 is 0. The van der Waals surface area contributed by atoms with Gasteiger partial charge < -0.3 is 9.84 Å². The summed E-state index contributed by atoms with van der Waals surface area (Å²) < 4.78 is 4.84. The zero-order chi connectivity index (χ0) is 12.6. The van der Waals surface area contributed by atoms with E-state index in [0.29, 0.717) is 19.3 Å². The number of esters is 1. The van der Waals surface area contributed by atoms with Gasteiger partial charge in [-0.15, -0.1) is 0 Å². The van der Waals surface area contributed by atoms with Crippen LogP contribution >= 0.6 is 0 Å². The number of hydrogen-bond donors (Lipinski definition) is 1. The Labute approximate surface area is 96.0 Å². The molecule has 1 fully saturated rings. The first-order valence-corrected chi connectivity index (χ1v) is 5.60. The Kier molecular flexibility index (Phi) is 3.31. The van der Waals surface area contributed by atoms with Crippen LogP contribution < -0.4 is 0 Å². The molecule has 2 atom stereocenters. The van der Waals surface area contributed by atoms with Gasteiger partial charge in [-0.2, -0.15) is 0 Å². The van der Waals surface area contributed by atoms with E-state index in [4.69, 9.17) is 4.74 Å². The zero-order valence-corrected chi connectivity index (χ0v) is 10.4. The Hall–Kier alpha value is -1.06. The van der Waals surface area contributed by atoms with Gasteiger partial charge in [-0.05, 0) is 32.1 Å². The number of methoxy groups -OCH3 is 1. The van der Waals surface area contributed by atoms with Gasteiger partial charge in [0.25, 0.3) is 0 Å². The van der Waals surface area contributed by atoms with Gasteiger partial charge in [-0.1, -0.05) is 13.8 Å². The number of carboxylic acids is 1. The largest absolute Gasteiger partial charge is 0.481 e. The number of carbonyl (C=O) groups excluding carboxylic acids is 1. The predicted molar refractivity (Wildman–Crippen MR) is 58.9 cm³/mol. The summed E-state index contributed by atoms with van der Waals surface area (Å²) in [6.07, 6.45) is 1.51. The molecule has 0 aliphatic heterocycles. The Morgan fingerprint density at radius 2 is 1.88 bits per heavy atom. The zero-order valence-electron chi connectivity index (χ0n) is 10.4. The smallest absolute Gasteiger partial charge is 0.312 e. The maximum Gasteiger partial charge on any atom is 0.312 e. The predicted octanol–water partition coefficient (Wildman–Crippen LogP) is 2.08. The van der Waals surface area contributed by atoms with Crippen molar-refractivity contribution in [1.82, 2.24) is 0 Å². The third-order valence-corrected chi connectivity index (χ3v) is 4.04. The summed E-state index contributed by atoms with van der Waals surface area (Å²) in [6.45, 7) is 5.61. The normalized spacial score (nSPS) is 34.1. The molecule has 0 saturated heterocycles. The first kappa shape index (κ1) is 13.0. The van der Waals surface area contributed by atoms with Crippen LogP contribution in [0.2, 0.25) is 0 Å². The van der Waals surface area contributed by atoms with Crippen LogP contribution in [-0.2, 0) is 14.3 Å². The van der Waals surface area contributed by atoms with E-state index in [-0.39, 0.29) is 11.9 Å². The summed E-state index contributed by atoms with van der Waals surface area (Å²) in [4.78, 5) is 23.1. The minimum absolute atomic E-state index is 0.0983. The van der Waals surface area contributed by atoms with Crippen LogP contribution in [0.3, 0.4) is 0 Å². The third kappa shape index (κ3) is 1.81. The minimum Gasteiger partial charge on any atom is -0.481 e. The summed E-state index contributed by atoms with van der Waals surface area (Å²) in [5, 5.41) is 9.19. The van der Waals surface area contributed by atoms with Crippen LogP contribution in [-0.4, -0.2) is 24.2 Å². The SMILES string of the molecule is COC(=O)C1(C(C)C)CCC(C)(C(=O)O)C1. The molecular formula is C12H20O4. The number of carbonyl (C=O) groups is 2. The molecule has 4 nitrogen and oxygen atoms in total. The average molecular weight is 228 g/mol. The first-order chi connectivity index (χ1) is 7.28. The monoisotopic (exact) mass is 228 g/mol. The highest BCUT2D eigenvalue weighted by Gasteiger charge is 2.55. The lowest BCUT2D eigenvalue weighted by Crippen LogP contribution is -2.37. The average Bonchev–Trinajstić information content (AvgIpc) is 2.58. The van der Waals surface area contributed by atoms with Crippen molar-refractivity contribution >= 4 is 11.9 Å². The van der Waals surface area contributed by atoms with Crippen molar-refractivity contribution in [2.45, 2.75) is 40.0 Å². The summed E-state index contributed by atoms with van der Waals surface area (Å²) in [7, 11) is 1.36. The summed E-state index contributed by atoms with van der Waals surface area (Å²) in [5.74, 6) is -0.993. The molecule has 1 rings (SSSR count). The standard InChI is InChI=1S/C12H20O4/c1-8(2)12(10(15)16-4)6-5-11(3,7-12)9(13)14/h8H,5-7H2,1-4H3,(H,13,14). The van der Waals surface area contributed by atoms with E-state index in [0.717, 1.165) is 0 Å². The van der Waals surface area contributed by atoms with E-state index in [9.17, 15) is 14.7 Å². The van der Waals surface area contributed by atoms with Gasteiger partial charge in [-0.25, -0.2) is 0 Å². The second-order valence-electron chi connectivity index (χ2n) is 5.35. The topological polar surface area (TPSA) is 63.6 Å². The lowest BCUT2D eigenvalue weighted by molar-refractivity contribution is -0.157. The van der Waals surface area contributed by atoms with E-state index < -0.39 is 16.8 Å². The molecule has 0 bridgehead atoms. The molecule has 16 heavy (non-hydrogen) atoms. The van der Waals surface area contributed by atoms with E-state index >= 15 is 0 Å². The van der Waals surface area contributed by atoms with E-state index in [1.807, 2.05) is 13.8 Å². The van der Waals surface area contributed by atoms with Crippen molar-refractivity contribution in [3.63, 3.8) is 0 Å². The van der Waals surface area contributed by atoms with E-state index in [2.05, 4.69) is 0 Å². The number of hydrogen-bond acceptors (Lipinski definition) is 3. The molecule has 0 aromatic carbocycles. The Morgan fingerprint density at radius 1 is 1.31 bits per heavy atom. The third-order valence-electron chi connectivity index (χ3n) is 4.04. The van der Waals surface area contributed by atoms with Gasteiger partial charge in [0.1, 0.15) is 0 Å². The summed E-state index contributed by atoms with van der Waals surface area (Å²) in [6, 6.07) is 0. The Bertz CT molecular complexity index is 310. The molecule has 1 aliphatic rings. The van der Waals surface area contributed by atoms with Gasteiger partial charge in [0.15, 0.2) is 0 Å². The maximum absolute atomic E-state index is 11.9. The molecule has 0 heterocycles. The Morgan fingerprint density at radius 3 is 2.19 bits per heavy atom. The lowest BCUT2D eigenvalue weighted by atomic mass is 9.73. The van der Waals surface area contributed by atoms with E-state index in [1.165, 1.54) is 7.11 Å². The highest BCUT2D eigenvalue weighted by Crippen LogP contribution is 2.53. The van der Waals surface area contributed by atoms with Gasteiger partial charge in [-0.3, -0.25) is 9.59 Å². The van der Waals surface area contributed by atoms with Crippen LogP contribution in [0.1, 0.15) is 40.0 Å². The minimum atomic E-state index is -0.820. The molecular weight excluding hydrogens is 208 g/mol. The molecule has 0 amide bonds. The molecule has 1 N–H and O–H groups in total. The number of carboxylic acid groups (broad SMARTS) is 1. The number of rotatable bonds is 3. The maximum atomic E-state index is 11.9. The highest BCUT2D eigenvalue weighted by atomic mass is 16.5. The van der Waals surface area contributed by atoms with Crippen molar-refractivity contribution in [2.75, 3.05) is 7.11 Å². The molecule has 4 heteroatoms. The van der Waals surface area contributed by atoms with Gasteiger partial charge >= 0.3 is 11.9 Å². The van der Waals surface area contributed by atoms with Crippen molar-refractivity contribution in [1.29, 1.82) is 0 Å². The van der Waals surface area contributed by atoms with Gasteiger partial charge in [0, 0.05) is 0 Å². The second kappa shape index (κ2) is 4.07. The molecule has 1 aliphatic carbocycles. The van der Waals surface area contributed by atoms with Crippen molar-refractivity contribution in [3.05, 3.63) is 0 Å². The lowest BCUT2D eigenvalue weighted by Gasteiger charge is -2.31. The highest BCUT2D eigenvalue weighted by molar-refractivity contribution is 5.81. The van der Waals surface area contributed by atoms with Crippen LogP contribution in [0.4, 0.5) is 0 Å². The molecule has 0 spiro atoms. The fourth-order valence-electron chi connectivity index (χ4n) is 2.66. The van der Waals surface area contributed by atoms with Crippen molar-refractivity contribution in [2.24, 2.45) is 16.7 Å². The second-order valence-corrected chi connectivity index (χ2v) is 5.35. The summed E-state index contributed by atoms with van der Waals surface area (Å²) in [5.41, 5.74) is -1.42. The molecule has 0 aromatic heterocycles. The fraction of sp³-hybridized carbons (Fsp3) is 0.833. The van der Waals surface area contributed by atoms with Crippen LogP contribution in [0, 0.1) is 16.7 Å². The molecule has 0 radical (unpaired) electrons. The van der Waals surface area contributed by atoms with Crippen LogP contribution in [0.5, 0.6) is 0 Å². The van der Waals surface area contributed by atoms with Crippen molar-refractivity contribution in [3.8, 4) is 0 Å². The van der Waals surface area contributed by atoms with Crippen LogP contribution in [0.15, 0.2) is 0 Å². The fourth-order valence-corrected chi connectivity index (χ4v) is 2.66. The molecule has 0 aromatic rings. The number of aliphatic carboxylic acids is 1.